The molecule has 0 unspecified atom stereocenters. The maximum absolute atomic E-state index is 5.61. The molecule has 1 N–H and O–H groups in total. The average Bonchev–Trinajstić information content (AvgIpc) is 3.05. The first-order valence-electron chi connectivity index (χ1n) is 10.3. The number of benzene rings is 2. The molecule has 4 aromatic rings. The Morgan fingerprint density at radius 3 is 2.30 bits per heavy atom. The Hall–Kier alpha value is -2.92. The number of fused-ring (bicyclic) bond motifs is 1. The minimum Gasteiger partial charge on any atom is -0.494 e. The van der Waals surface area contributed by atoms with E-state index in [0.717, 1.165) is 38.9 Å². The summed E-state index contributed by atoms with van der Waals surface area (Å²) in [5.41, 5.74) is 4.68. The molecule has 2 aromatic carbocycles. The molecule has 0 spiro atoms. The quantitative estimate of drug-likeness (QED) is 0.359. The summed E-state index contributed by atoms with van der Waals surface area (Å²) in [6.45, 7) is 11.2. The Kier molecular flexibility index (Phi) is 5.73. The summed E-state index contributed by atoms with van der Waals surface area (Å²) in [4.78, 5) is 11.7. The van der Waals surface area contributed by atoms with Gasteiger partial charge in [0.25, 0.3) is 0 Å². The van der Waals surface area contributed by atoms with Crippen LogP contribution in [0.25, 0.3) is 21.3 Å². The second-order valence-corrected chi connectivity index (χ2v) is 8.90. The van der Waals surface area contributed by atoms with Crippen molar-refractivity contribution in [3.63, 3.8) is 0 Å². The van der Waals surface area contributed by atoms with Gasteiger partial charge in [-0.25, -0.2) is 9.97 Å². The van der Waals surface area contributed by atoms with Gasteiger partial charge in [-0.3, -0.25) is 0 Å². The number of thiophene rings is 1. The lowest BCUT2D eigenvalue weighted by molar-refractivity contribution is 0.340. The van der Waals surface area contributed by atoms with Crippen molar-refractivity contribution in [2.24, 2.45) is 0 Å². The Balaban J connectivity index is 1.79. The fraction of sp³-hybridized carbons (Fsp3) is 0.280. The number of hydrogen-bond donors (Lipinski definition) is 1. The lowest BCUT2D eigenvalue weighted by Gasteiger charge is -2.12. The van der Waals surface area contributed by atoms with Crippen LogP contribution < -0.4 is 10.1 Å². The van der Waals surface area contributed by atoms with Gasteiger partial charge < -0.3 is 10.1 Å². The van der Waals surface area contributed by atoms with Crippen LogP contribution in [0.2, 0.25) is 0 Å². The van der Waals surface area contributed by atoms with Gasteiger partial charge in [0, 0.05) is 16.1 Å². The highest BCUT2D eigenvalue weighted by atomic mass is 32.1. The van der Waals surface area contributed by atoms with Crippen molar-refractivity contribution in [2.45, 2.75) is 40.5 Å². The van der Waals surface area contributed by atoms with E-state index in [2.05, 4.69) is 62.5 Å². The fourth-order valence-corrected chi connectivity index (χ4v) is 4.72. The fourth-order valence-electron chi connectivity index (χ4n) is 3.63. The summed E-state index contributed by atoms with van der Waals surface area (Å²) < 4.78 is 5.61. The zero-order chi connectivity index (χ0) is 21.3. The molecule has 0 fully saturated rings. The number of anilines is 2. The first kappa shape index (κ1) is 20.4. The Morgan fingerprint density at radius 1 is 0.967 bits per heavy atom. The summed E-state index contributed by atoms with van der Waals surface area (Å²) >= 11 is 1.71. The van der Waals surface area contributed by atoms with E-state index in [0.29, 0.717) is 12.5 Å². The van der Waals surface area contributed by atoms with Gasteiger partial charge in [-0.1, -0.05) is 38.1 Å². The highest BCUT2D eigenvalue weighted by molar-refractivity contribution is 7.19. The van der Waals surface area contributed by atoms with Crippen molar-refractivity contribution in [1.29, 1.82) is 0 Å². The normalized spacial score (nSPS) is 11.3. The van der Waals surface area contributed by atoms with E-state index in [1.807, 2.05) is 26.0 Å². The number of aryl methyl sites for hydroxylation is 2. The second-order valence-electron chi connectivity index (χ2n) is 7.69. The molecule has 0 atom stereocenters. The zero-order valence-corrected chi connectivity index (χ0v) is 18.9. The lowest BCUT2D eigenvalue weighted by atomic mass is 10.0. The summed E-state index contributed by atoms with van der Waals surface area (Å²) in [6.07, 6.45) is 0. The van der Waals surface area contributed by atoms with E-state index < -0.39 is 0 Å². The molecule has 5 heteroatoms. The molecule has 2 heterocycles. The highest BCUT2D eigenvalue weighted by Gasteiger charge is 2.18. The Bertz CT molecular complexity index is 1160. The van der Waals surface area contributed by atoms with Crippen molar-refractivity contribution < 1.29 is 4.74 Å². The SMILES string of the molecule is CCOc1ccc(-c2c(C)sc3nc(C)nc(Nc4ccc(C(C)C)cc4)c23)cc1. The van der Waals surface area contributed by atoms with Crippen LogP contribution in [0.3, 0.4) is 0 Å². The van der Waals surface area contributed by atoms with Gasteiger partial charge in [-0.05, 0) is 62.1 Å². The predicted octanol–water partition coefficient (Wildman–Crippen LogP) is 7.24. The van der Waals surface area contributed by atoms with Gasteiger partial charge in [0.2, 0.25) is 0 Å². The Labute approximate surface area is 182 Å². The van der Waals surface area contributed by atoms with Crippen molar-refractivity contribution in [3.8, 4) is 16.9 Å². The highest BCUT2D eigenvalue weighted by Crippen LogP contribution is 2.41. The van der Waals surface area contributed by atoms with Gasteiger partial charge >= 0.3 is 0 Å². The molecule has 0 aliphatic rings. The van der Waals surface area contributed by atoms with E-state index in [1.165, 1.54) is 16.0 Å². The first-order valence-corrected chi connectivity index (χ1v) is 11.2. The molecule has 0 aliphatic carbocycles. The maximum atomic E-state index is 5.61. The molecular weight excluding hydrogens is 390 g/mol. The third-order valence-electron chi connectivity index (χ3n) is 5.13. The number of hydrogen-bond acceptors (Lipinski definition) is 5. The van der Waals surface area contributed by atoms with Gasteiger partial charge in [0.1, 0.15) is 22.2 Å². The van der Waals surface area contributed by atoms with E-state index in [4.69, 9.17) is 14.7 Å². The molecule has 0 saturated heterocycles. The Morgan fingerprint density at radius 2 is 1.67 bits per heavy atom. The van der Waals surface area contributed by atoms with Crippen LogP contribution >= 0.6 is 11.3 Å². The van der Waals surface area contributed by atoms with Crippen molar-refractivity contribution in [1.82, 2.24) is 9.97 Å². The molecule has 30 heavy (non-hydrogen) atoms. The standard InChI is InChI=1S/C25H27N3OS/c1-6-29-21-13-9-19(10-14-21)22-16(4)30-25-23(22)24(26-17(5)27-25)28-20-11-7-18(8-12-20)15(2)3/h7-15H,6H2,1-5H3,(H,26,27,28). The molecular formula is C25H27N3OS. The average molecular weight is 418 g/mol. The molecule has 154 valence electrons. The molecule has 0 radical (unpaired) electrons. The van der Waals surface area contributed by atoms with Crippen LogP contribution in [-0.2, 0) is 0 Å². The zero-order valence-electron chi connectivity index (χ0n) is 18.1. The first-order chi connectivity index (χ1) is 14.5. The summed E-state index contributed by atoms with van der Waals surface area (Å²) in [6, 6.07) is 16.8. The van der Waals surface area contributed by atoms with Gasteiger partial charge in [-0.2, -0.15) is 0 Å². The van der Waals surface area contributed by atoms with Gasteiger partial charge in [0.05, 0.1) is 12.0 Å². The largest absolute Gasteiger partial charge is 0.494 e. The van der Waals surface area contributed by atoms with E-state index >= 15 is 0 Å². The number of rotatable bonds is 6. The molecule has 0 saturated carbocycles. The minimum atomic E-state index is 0.512. The van der Waals surface area contributed by atoms with Crippen LogP contribution in [0, 0.1) is 13.8 Å². The van der Waals surface area contributed by atoms with Crippen LogP contribution in [-0.4, -0.2) is 16.6 Å². The lowest BCUT2D eigenvalue weighted by Crippen LogP contribution is -1.99. The number of aromatic nitrogens is 2. The molecule has 4 rings (SSSR count). The van der Waals surface area contributed by atoms with Crippen LogP contribution in [0.1, 0.15) is 43.0 Å². The molecule has 4 nitrogen and oxygen atoms in total. The molecule has 0 bridgehead atoms. The van der Waals surface area contributed by atoms with Gasteiger partial charge in [-0.15, -0.1) is 11.3 Å². The summed E-state index contributed by atoms with van der Waals surface area (Å²) in [7, 11) is 0. The topological polar surface area (TPSA) is 47.0 Å². The third kappa shape index (κ3) is 4.03. The monoisotopic (exact) mass is 417 g/mol. The molecule has 0 aliphatic heterocycles. The van der Waals surface area contributed by atoms with Crippen LogP contribution in [0.4, 0.5) is 11.5 Å². The van der Waals surface area contributed by atoms with E-state index in [-0.39, 0.29) is 0 Å². The van der Waals surface area contributed by atoms with Gasteiger partial charge in [0.15, 0.2) is 0 Å². The van der Waals surface area contributed by atoms with Crippen molar-refractivity contribution in [2.75, 3.05) is 11.9 Å². The van der Waals surface area contributed by atoms with E-state index in [9.17, 15) is 0 Å². The van der Waals surface area contributed by atoms with Crippen molar-refractivity contribution in [3.05, 3.63) is 64.8 Å². The molecule has 2 aromatic heterocycles. The third-order valence-corrected chi connectivity index (χ3v) is 6.13. The second kappa shape index (κ2) is 8.44. The van der Waals surface area contributed by atoms with Crippen molar-refractivity contribution >= 4 is 33.1 Å². The van der Waals surface area contributed by atoms with Crippen LogP contribution in [0.5, 0.6) is 5.75 Å². The molecule has 0 amide bonds. The van der Waals surface area contributed by atoms with E-state index in [1.54, 1.807) is 11.3 Å². The number of ether oxygens (including phenoxy) is 1. The summed E-state index contributed by atoms with van der Waals surface area (Å²) in [5.74, 6) is 3.01. The summed E-state index contributed by atoms with van der Waals surface area (Å²) in [5, 5.41) is 4.61. The smallest absolute Gasteiger partial charge is 0.143 e. The maximum Gasteiger partial charge on any atom is 0.143 e. The van der Waals surface area contributed by atoms with Crippen LogP contribution in [0.15, 0.2) is 48.5 Å². The predicted molar refractivity (Wildman–Crippen MR) is 127 cm³/mol. The minimum absolute atomic E-state index is 0.512. The number of nitrogens with one attached hydrogen (secondary N) is 1. The number of nitrogens with zero attached hydrogens (tertiary/aromatic N) is 2.